The summed E-state index contributed by atoms with van der Waals surface area (Å²) in [6.45, 7) is 0. The first-order chi connectivity index (χ1) is 12.3. The number of benzene rings is 2. The molecular weight excluding hydrogens is 377 g/mol. The second-order valence-corrected chi connectivity index (χ2v) is 7.23. The molecule has 132 valence electrons. The quantitative estimate of drug-likeness (QED) is 0.693. The molecule has 2 aromatic rings. The van der Waals surface area contributed by atoms with Crippen LogP contribution in [-0.2, 0) is 5.54 Å². The van der Waals surface area contributed by atoms with Gasteiger partial charge in [-0.25, -0.2) is 0 Å². The van der Waals surface area contributed by atoms with Crippen molar-refractivity contribution in [1.29, 1.82) is 0 Å². The topological polar surface area (TPSA) is 86.6 Å². The van der Waals surface area contributed by atoms with Gasteiger partial charge in [0.2, 0.25) is 11.6 Å². The summed E-state index contributed by atoms with van der Waals surface area (Å²) in [5.74, 6) is -2.11. The Morgan fingerprint density at radius 1 is 0.846 bits per heavy atom. The number of allylic oxidation sites excluding steroid dienone is 2. The van der Waals surface area contributed by atoms with E-state index in [4.69, 9.17) is 23.2 Å². The molecule has 0 bridgehead atoms. The van der Waals surface area contributed by atoms with Crippen molar-refractivity contribution in [3.05, 3.63) is 68.8 Å². The van der Waals surface area contributed by atoms with Crippen LogP contribution < -0.4 is 5.32 Å². The van der Waals surface area contributed by atoms with Crippen LogP contribution in [0.15, 0.2) is 47.1 Å². The first-order valence-electron chi connectivity index (χ1n) is 7.92. The van der Waals surface area contributed by atoms with E-state index in [0.717, 1.165) is 24.5 Å². The minimum atomic E-state index is -0.705. The molecule has 2 aliphatic carbocycles. The van der Waals surface area contributed by atoms with Gasteiger partial charge in [0.1, 0.15) is 22.2 Å². The lowest BCUT2D eigenvalue weighted by atomic mass is 9.90. The highest BCUT2D eigenvalue weighted by Crippen LogP contribution is 2.48. The van der Waals surface area contributed by atoms with E-state index in [0.29, 0.717) is 5.02 Å². The molecule has 3 N–H and O–H groups in total. The fraction of sp³-hybridized carbons (Fsp3) is 0.158. The zero-order valence-electron chi connectivity index (χ0n) is 13.3. The summed E-state index contributed by atoms with van der Waals surface area (Å²) in [5, 5.41) is 23.4. The van der Waals surface area contributed by atoms with E-state index in [1.54, 1.807) is 12.1 Å². The van der Waals surface area contributed by atoms with E-state index in [1.165, 1.54) is 6.07 Å². The first-order valence-corrected chi connectivity index (χ1v) is 8.68. The van der Waals surface area contributed by atoms with Gasteiger partial charge in [0, 0.05) is 5.02 Å². The van der Waals surface area contributed by atoms with Crippen LogP contribution in [0.25, 0.3) is 0 Å². The third-order valence-corrected chi connectivity index (χ3v) is 5.39. The van der Waals surface area contributed by atoms with Crippen molar-refractivity contribution >= 4 is 34.8 Å². The molecule has 0 atom stereocenters. The zero-order chi connectivity index (χ0) is 18.6. The first kappa shape index (κ1) is 16.9. The number of ketones is 2. The van der Waals surface area contributed by atoms with Crippen LogP contribution in [0.4, 0.5) is 0 Å². The Bertz CT molecular complexity index is 991. The van der Waals surface area contributed by atoms with Crippen LogP contribution >= 0.6 is 23.2 Å². The van der Waals surface area contributed by atoms with Crippen LogP contribution in [0.2, 0.25) is 5.02 Å². The summed E-state index contributed by atoms with van der Waals surface area (Å²) in [6.07, 6.45) is 1.51. The summed E-state index contributed by atoms with van der Waals surface area (Å²) in [7, 11) is 0. The van der Waals surface area contributed by atoms with Crippen molar-refractivity contribution in [2.75, 3.05) is 0 Å². The molecule has 5 nitrogen and oxygen atoms in total. The number of halogens is 2. The summed E-state index contributed by atoms with van der Waals surface area (Å²) in [6, 6.07) is 9.52. The van der Waals surface area contributed by atoms with Crippen molar-refractivity contribution in [1.82, 2.24) is 5.32 Å². The molecule has 0 aromatic heterocycles. The van der Waals surface area contributed by atoms with Crippen LogP contribution in [0.3, 0.4) is 0 Å². The van der Waals surface area contributed by atoms with E-state index in [2.05, 4.69) is 5.32 Å². The molecule has 0 amide bonds. The summed E-state index contributed by atoms with van der Waals surface area (Å²) in [4.78, 5) is 25.4. The summed E-state index contributed by atoms with van der Waals surface area (Å²) in [5.41, 5.74) is -0.182. The average molecular weight is 390 g/mol. The second-order valence-electron chi connectivity index (χ2n) is 6.42. The Hall–Kier alpha value is -2.50. The molecular formula is C19H13Cl2NO4. The molecule has 0 unspecified atom stereocenters. The summed E-state index contributed by atoms with van der Waals surface area (Å²) < 4.78 is 0. The minimum absolute atomic E-state index is 0.0717. The van der Waals surface area contributed by atoms with E-state index in [9.17, 15) is 19.8 Å². The molecule has 7 heteroatoms. The number of hydrogen-bond donors (Lipinski definition) is 3. The standard InChI is InChI=1S/C19H13Cl2NO4/c20-10-3-1-9(2-4-10)19(7-8-19)22-16-15(21)17(25)13-11(23)5-6-12(24)14(13)18(16)26/h1-6,22-24H,7-8H2. The molecule has 2 aliphatic rings. The average Bonchev–Trinajstić information content (AvgIpc) is 3.40. The number of nitrogens with one attached hydrogen (secondary N) is 1. The molecule has 0 saturated heterocycles. The maximum absolute atomic E-state index is 12.9. The van der Waals surface area contributed by atoms with Gasteiger partial charge in [-0.1, -0.05) is 35.3 Å². The lowest BCUT2D eigenvalue weighted by molar-refractivity contribution is 0.0967. The predicted molar refractivity (Wildman–Crippen MR) is 96.8 cm³/mol. The van der Waals surface area contributed by atoms with Gasteiger partial charge in [0.05, 0.1) is 16.7 Å². The van der Waals surface area contributed by atoms with Gasteiger partial charge in [-0.3, -0.25) is 9.59 Å². The van der Waals surface area contributed by atoms with Gasteiger partial charge in [0.25, 0.3) is 0 Å². The van der Waals surface area contributed by atoms with E-state index < -0.39 is 22.9 Å². The van der Waals surface area contributed by atoms with Gasteiger partial charge >= 0.3 is 0 Å². The van der Waals surface area contributed by atoms with Crippen molar-refractivity contribution in [2.45, 2.75) is 18.4 Å². The zero-order valence-corrected chi connectivity index (χ0v) is 14.9. The predicted octanol–water partition coefficient (Wildman–Crippen LogP) is 3.86. The van der Waals surface area contributed by atoms with Crippen molar-refractivity contribution < 1.29 is 19.8 Å². The Balaban J connectivity index is 1.77. The van der Waals surface area contributed by atoms with Crippen LogP contribution in [-0.4, -0.2) is 21.8 Å². The highest BCUT2D eigenvalue weighted by Gasteiger charge is 2.48. The Morgan fingerprint density at radius 2 is 1.38 bits per heavy atom. The molecule has 1 saturated carbocycles. The maximum atomic E-state index is 12.9. The number of phenols is 2. The number of hydrogen-bond acceptors (Lipinski definition) is 5. The SMILES string of the molecule is O=C1C(Cl)=C(NC2(c3ccc(Cl)cc3)CC2)C(=O)c2c(O)ccc(O)c21. The molecule has 0 spiro atoms. The second kappa shape index (κ2) is 5.76. The van der Waals surface area contributed by atoms with Crippen molar-refractivity contribution in [3.63, 3.8) is 0 Å². The number of phenolic OH excluding ortho intramolecular Hbond substituents is 2. The molecule has 4 rings (SSSR count). The fourth-order valence-electron chi connectivity index (χ4n) is 3.22. The lowest BCUT2D eigenvalue weighted by Gasteiger charge is -2.25. The molecule has 2 aromatic carbocycles. The van der Waals surface area contributed by atoms with Gasteiger partial charge in [-0.2, -0.15) is 0 Å². The third kappa shape index (κ3) is 2.47. The van der Waals surface area contributed by atoms with E-state index >= 15 is 0 Å². The van der Waals surface area contributed by atoms with Crippen molar-refractivity contribution in [2.24, 2.45) is 0 Å². The summed E-state index contributed by atoms with van der Waals surface area (Å²) >= 11 is 12.1. The van der Waals surface area contributed by atoms with E-state index in [1.807, 2.05) is 12.1 Å². The normalized spacial score (nSPS) is 17.9. The maximum Gasteiger partial charge on any atom is 0.215 e. The highest BCUT2D eigenvalue weighted by molar-refractivity contribution is 6.50. The molecule has 0 aliphatic heterocycles. The molecule has 26 heavy (non-hydrogen) atoms. The number of rotatable bonds is 3. The Kier molecular flexibility index (Phi) is 3.75. The van der Waals surface area contributed by atoms with Gasteiger partial charge in [-0.05, 0) is 42.7 Å². The van der Waals surface area contributed by atoms with Crippen LogP contribution in [0.5, 0.6) is 11.5 Å². The molecule has 0 radical (unpaired) electrons. The highest BCUT2D eigenvalue weighted by atomic mass is 35.5. The van der Waals surface area contributed by atoms with Crippen LogP contribution in [0.1, 0.15) is 39.1 Å². The van der Waals surface area contributed by atoms with Gasteiger partial charge < -0.3 is 15.5 Å². The fourth-order valence-corrected chi connectivity index (χ4v) is 3.57. The van der Waals surface area contributed by atoms with E-state index in [-0.39, 0.29) is 27.6 Å². The number of fused-ring (bicyclic) bond motifs is 1. The molecule has 1 fully saturated rings. The Labute approximate surface area is 158 Å². The smallest absolute Gasteiger partial charge is 0.215 e. The minimum Gasteiger partial charge on any atom is -0.507 e. The Morgan fingerprint density at radius 3 is 1.92 bits per heavy atom. The largest absolute Gasteiger partial charge is 0.507 e. The van der Waals surface area contributed by atoms with Crippen LogP contribution in [0, 0.1) is 0 Å². The van der Waals surface area contributed by atoms with Crippen molar-refractivity contribution in [3.8, 4) is 11.5 Å². The number of carbonyl (C=O) groups excluding carboxylic acids is 2. The monoisotopic (exact) mass is 389 g/mol. The number of Topliss-reactive ketones (excluding diaryl/α,β-unsaturated/α-hetero) is 2. The molecule has 0 heterocycles. The lowest BCUT2D eigenvalue weighted by Crippen LogP contribution is -2.36. The van der Waals surface area contributed by atoms with Gasteiger partial charge in [-0.15, -0.1) is 0 Å². The number of carbonyl (C=O) groups is 2. The van der Waals surface area contributed by atoms with Gasteiger partial charge in [0.15, 0.2) is 0 Å². The number of aromatic hydroxyl groups is 2. The third-order valence-electron chi connectivity index (χ3n) is 4.77.